The zero-order valence-electron chi connectivity index (χ0n) is 14.8. The van der Waals surface area contributed by atoms with Crippen LogP contribution in [0.4, 0.5) is 0 Å². The van der Waals surface area contributed by atoms with Crippen LogP contribution in [0.5, 0.6) is 0 Å². The summed E-state index contributed by atoms with van der Waals surface area (Å²) in [6, 6.07) is 27.3. The number of ether oxygens (including phenoxy) is 2. The third kappa shape index (κ3) is 2.44. The van der Waals surface area contributed by atoms with E-state index in [0.29, 0.717) is 6.61 Å². The standard InChI is InChI=1S/C23H21NO2/c1-23(17-9-3-2-4-10-17)25-16-18(26-23)15-24-21-13-7-5-11-19(21)20-12-6-8-14-22(20)24/h2-14,18H,15-16H2,1H3/t18-,23+/m1/s1. The van der Waals surface area contributed by atoms with E-state index in [0.717, 1.165) is 12.1 Å². The Labute approximate surface area is 152 Å². The predicted molar refractivity (Wildman–Crippen MR) is 104 cm³/mol. The summed E-state index contributed by atoms with van der Waals surface area (Å²) in [5.41, 5.74) is 3.54. The van der Waals surface area contributed by atoms with E-state index in [1.54, 1.807) is 0 Å². The van der Waals surface area contributed by atoms with Gasteiger partial charge in [0.1, 0.15) is 6.10 Å². The Morgan fingerprint density at radius 3 is 2.08 bits per heavy atom. The maximum absolute atomic E-state index is 6.36. The molecule has 3 nitrogen and oxygen atoms in total. The van der Waals surface area contributed by atoms with E-state index >= 15 is 0 Å². The van der Waals surface area contributed by atoms with Gasteiger partial charge in [-0.15, -0.1) is 0 Å². The molecule has 130 valence electrons. The average molecular weight is 343 g/mol. The molecule has 1 aliphatic rings. The van der Waals surface area contributed by atoms with Crippen LogP contribution in [-0.2, 0) is 21.8 Å². The van der Waals surface area contributed by atoms with Crippen LogP contribution < -0.4 is 0 Å². The molecule has 0 saturated carbocycles. The minimum Gasteiger partial charge on any atom is -0.343 e. The van der Waals surface area contributed by atoms with Gasteiger partial charge < -0.3 is 14.0 Å². The van der Waals surface area contributed by atoms with Crippen LogP contribution in [0.15, 0.2) is 78.9 Å². The second kappa shape index (κ2) is 5.97. The van der Waals surface area contributed by atoms with Crippen LogP contribution in [0.3, 0.4) is 0 Å². The molecule has 0 N–H and O–H groups in total. The number of para-hydroxylation sites is 2. The van der Waals surface area contributed by atoms with E-state index in [1.807, 2.05) is 25.1 Å². The van der Waals surface area contributed by atoms with E-state index in [1.165, 1.54) is 21.8 Å². The third-order valence-corrected chi connectivity index (χ3v) is 5.30. The van der Waals surface area contributed by atoms with E-state index in [2.05, 4.69) is 65.2 Å². The fourth-order valence-electron chi connectivity index (χ4n) is 4.02. The molecule has 0 amide bonds. The molecule has 2 heterocycles. The van der Waals surface area contributed by atoms with Crippen molar-refractivity contribution in [2.75, 3.05) is 6.61 Å². The molecular weight excluding hydrogens is 322 g/mol. The Morgan fingerprint density at radius 2 is 1.42 bits per heavy atom. The number of nitrogens with zero attached hydrogens (tertiary/aromatic N) is 1. The van der Waals surface area contributed by atoms with Gasteiger partial charge in [-0.25, -0.2) is 0 Å². The molecule has 1 aromatic heterocycles. The van der Waals surface area contributed by atoms with Crippen LogP contribution in [0, 0.1) is 0 Å². The molecule has 2 atom stereocenters. The maximum atomic E-state index is 6.36. The molecule has 4 aromatic rings. The van der Waals surface area contributed by atoms with Gasteiger partial charge in [0.2, 0.25) is 0 Å². The summed E-state index contributed by atoms with van der Waals surface area (Å²) < 4.78 is 14.8. The second-order valence-corrected chi connectivity index (χ2v) is 7.01. The summed E-state index contributed by atoms with van der Waals surface area (Å²) in [5, 5.41) is 2.57. The Kier molecular flexibility index (Phi) is 3.59. The summed E-state index contributed by atoms with van der Waals surface area (Å²) in [6.07, 6.45) is 0.0134. The van der Waals surface area contributed by atoms with E-state index < -0.39 is 5.79 Å². The summed E-state index contributed by atoms with van der Waals surface area (Å²) in [4.78, 5) is 0. The van der Waals surface area contributed by atoms with Crippen molar-refractivity contribution in [3.05, 3.63) is 84.4 Å². The van der Waals surface area contributed by atoms with Gasteiger partial charge in [0.05, 0.1) is 13.2 Å². The predicted octanol–water partition coefficient (Wildman–Crippen LogP) is 5.08. The van der Waals surface area contributed by atoms with Crippen molar-refractivity contribution in [1.82, 2.24) is 4.57 Å². The molecule has 0 unspecified atom stereocenters. The van der Waals surface area contributed by atoms with Crippen molar-refractivity contribution in [1.29, 1.82) is 0 Å². The molecule has 1 fully saturated rings. The fourth-order valence-corrected chi connectivity index (χ4v) is 4.02. The van der Waals surface area contributed by atoms with Crippen LogP contribution in [0.25, 0.3) is 21.8 Å². The van der Waals surface area contributed by atoms with Gasteiger partial charge in [0.25, 0.3) is 0 Å². The SMILES string of the molecule is C[C@]1(c2ccccc2)OC[C@@H](Cn2c3ccccc3c3ccccc32)O1. The molecule has 1 saturated heterocycles. The Bertz CT molecular complexity index is 1020. The molecule has 5 rings (SSSR count). The van der Waals surface area contributed by atoms with Gasteiger partial charge in [-0.2, -0.15) is 0 Å². The molecule has 0 aliphatic carbocycles. The van der Waals surface area contributed by atoms with Gasteiger partial charge in [-0.05, 0) is 19.1 Å². The Balaban J connectivity index is 1.51. The van der Waals surface area contributed by atoms with Crippen molar-refractivity contribution >= 4 is 21.8 Å². The first-order valence-electron chi connectivity index (χ1n) is 9.08. The minimum absolute atomic E-state index is 0.0134. The highest BCUT2D eigenvalue weighted by Crippen LogP contribution is 2.36. The van der Waals surface area contributed by atoms with Crippen LogP contribution in [0.2, 0.25) is 0 Å². The zero-order valence-corrected chi connectivity index (χ0v) is 14.8. The minimum atomic E-state index is -0.676. The van der Waals surface area contributed by atoms with Crippen molar-refractivity contribution < 1.29 is 9.47 Å². The number of hydrogen-bond acceptors (Lipinski definition) is 2. The normalized spacial score (nSPS) is 23.0. The van der Waals surface area contributed by atoms with Gasteiger partial charge in [-0.1, -0.05) is 66.7 Å². The fraction of sp³-hybridized carbons (Fsp3) is 0.217. The first kappa shape index (κ1) is 15.6. The molecule has 1 aliphatic heterocycles. The Hall–Kier alpha value is -2.62. The zero-order chi connectivity index (χ0) is 17.6. The molecule has 26 heavy (non-hydrogen) atoms. The van der Waals surface area contributed by atoms with Gasteiger partial charge in [0, 0.05) is 27.4 Å². The lowest BCUT2D eigenvalue weighted by molar-refractivity contribution is -0.162. The highest BCUT2D eigenvalue weighted by molar-refractivity contribution is 6.07. The van der Waals surface area contributed by atoms with Crippen LogP contribution in [0.1, 0.15) is 12.5 Å². The van der Waals surface area contributed by atoms with Crippen molar-refractivity contribution in [2.24, 2.45) is 0 Å². The first-order valence-corrected chi connectivity index (χ1v) is 9.08. The van der Waals surface area contributed by atoms with Gasteiger partial charge in [-0.3, -0.25) is 0 Å². The summed E-state index contributed by atoms with van der Waals surface area (Å²) >= 11 is 0. The largest absolute Gasteiger partial charge is 0.343 e. The number of benzene rings is 3. The molecule has 3 aromatic carbocycles. The van der Waals surface area contributed by atoms with Crippen molar-refractivity contribution in [3.63, 3.8) is 0 Å². The van der Waals surface area contributed by atoms with Crippen molar-refractivity contribution in [3.8, 4) is 0 Å². The lowest BCUT2D eigenvalue weighted by Gasteiger charge is -2.24. The van der Waals surface area contributed by atoms with E-state index in [-0.39, 0.29) is 6.10 Å². The number of fused-ring (bicyclic) bond motifs is 3. The number of aromatic nitrogens is 1. The van der Waals surface area contributed by atoms with Gasteiger partial charge >= 0.3 is 0 Å². The monoisotopic (exact) mass is 343 g/mol. The molecular formula is C23H21NO2. The number of rotatable bonds is 3. The smallest absolute Gasteiger partial charge is 0.192 e. The van der Waals surface area contributed by atoms with E-state index in [4.69, 9.17) is 9.47 Å². The maximum Gasteiger partial charge on any atom is 0.192 e. The third-order valence-electron chi connectivity index (χ3n) is 5.30. The first-order chi connectivity index (χ1) is 12.7. The lowest BCUT2D eigenvalue weighted by atomic mass is 10.1. The quantitative estimate of drug-likeness (QED) is 0.518. The lowest BCUT2D eigenvalue weighted by Crippen LogP contribution is -2.25. The molecule has 0 spiro atoms. The summed E-state index contributed by atoms with van der Waals surface area (Å²) in [7, 11) is 0. The highest BCUT2D eigenvalue weighted by Gasteiger charge is 2.39. The highest BCUT2D eigenvalue weighted by atomic mass is 16.7. The number of hydrogen-bond donors (Lipinski definition) is 0. The van der Waals surface area contributed by atoms with Crippen LogP contribution >= 0.6 is 0 Å². The summed E-state index contributed by atoms with van der Waals surface area (Å²) in [5.74, 6) is -0.676. The molecule has 3 heteroatoms. The Morgan fingerprint density at radius 1 is 0.846 bits per heavy atom. The second-order valence-electron chi connectivity index (χ2n) is 7.01. The van der Waals surface area contributed by atoms with Crippen LogP contribution in [-0.4, -0.2) is 17.3 Å². The average Bonchev–Trinajstić information content (AvgIpc) is 3.23. The summed E-state index contributed by atoms with van der Waals surface area (Å²) in [6.45, 7) is 3.37. The topological polar surface area (TPSA) is 23.4 Å². The van der Waals surface area contributed by atoms with Crippen molar-refractivity contribution in [2.45, 2.75) is 25.4 Å². The molecule has 0 radical (unpaired) electrons. The van der Waals surface area contributed by atoms with Gasteiger partial charge in [0.15, 0.2) is 5.79 Å². The van der Waals surface area contributed by atoms with E-state index in [9.17, 15) is 0 Å². The molecule has 0 bridgehead atoms.